The summed E-state index contributed by atoms with van der Waals surface area (Å²) < 4.78 is 58.8. The molecule has 0 bridgehead atoms. The maximum absolute atomic E-state index is 13.5. The number of hydrogen-bond acceptors (Lipinski definition) is 5. The van der Waals surface area contributed by atoms with E-state index in [9.17, 15) is 22.0 Å². The highest BCUT2D eigenvalue weighted by Gasteiger charge is 2.22. The lowest BCUT2D eigenvalue weighted by Crippen LogP contribution is -2.17. The number of carbonyl (C=O) groups is 1. The summed E-state index contributed by atoms with van der Waals surface area (Å²) in [6.07, 6.45) is 0.782. The van der Waals surface area contributed by atoms with Gasteiger partial charge in [-0.1, -0.05) is 6.92 Å². The van der Waals surface area contributed by atoms with Crippen molar-refractivity contribution in [3.05, 3.63) is 29.3 Å². The third kappa shape index (κ3) is 5.03. The van der Waals surface area contributed by atoms with Crippen LogP contribution in [0.15, 0.2) is 17.0 Å². The van der Waals surface area contributed by atoms with Crippen LogP contribution in [0, 0.1) is 11.6 Å². The molecule has 1 aromatic rings. The Morgan fingerprint density at radius 3 is 2.48 bits per heavy atom. The zero-order valence-corrected chi connectivity index (χ0v) is 12.1. The largest absolute Gasteiger partial charge is 0.460 e. The van der Waals surface area contributed by atoms with Gasteiger partial charge in [0, 0.05) is 6.61 Å². The highest BCUT2D eigenvalue weighted by Crippen LogP contribution is 2.18. The Balaban J connectivity index is 2.86. The Morgan fingerprint density at radius 2 is 1.90 bits per heavy atom. The monoisotopic (exact) mass is 323 g/mol. The summed E-state index contributed by atoms with van der Waals surface area (Å²) in [5.41, 5.74) is -0.838. The number of ether oxygens (including phenoxy) is 2. The van der Waals surface area contributed by atoms with Crippen LogP contribution in [0.4, 0.5) is 8.78 Å². The van der Waals surface area contributed by atoms with E-state index >= 15 is 0 Å². The van der Waals surface area contributed by atoms with Crippen LogP contribution in [-0.4, -0.2) is 34.2 Å². The summed E-state index contributed by atoms with van der Waals surface area (Å²) in [6.45, 7) is 2.29. The Labute approximate surface area is 120 Å². The van der Waals surface area contributed by atoms with Gasteiger partial charge in [0.2, 0.25) is 10.0 Å². The van der Waals surface area contributed by atoms with Gasteiger partial charge in [-0.2, -0.15) is 0 Å². The van der Waals surface area contributed by atoms with Gasteiger partial charge in [-0.3, -0.25) is 0 Å². The number of primary sulfonamides is 1. The number of sulfonamides is 1. The topological polar surface area (TPSA) is 95.7 Å². The normalized spacial score (nSPS) is 11.4. The average Bonchev–Trinajstić information content (AvgIpc) is 2.40. The van der Waals surface area contributed by atoms with Crippen LogP contribution in [0.5, 0.6) is 0 Å². The maximum Gasteiger partial charge on any atom is 0.341 e. The molecule has 0 aliphatic rings. The highest BCUT2D eigenvalue weighted by atomic mass is 32.2. The van der Waals surface area contributed by atoms with Crippen molar-refractivity contribution < 1.29 is 31.5 Å². The predicted molar refractivity (Wildman–Crippen MR) is 69.1 cm³/mol. The van der Waals surface area contributed by atoms with Crippen molar-refractivity contribution in [1.82, 2.24) is 0 Å². The molecule has 0 fully saturated rings. The summed E-state index contributed by atoms with van der Waals surface area (Å²) in [4.78, 5) is 10.9. The van der Waals surface area contributed by atoms with Gasteiger partial charge in [0.05, 0.1) is 17.1 Å². The molecule has 0 amide bonds. The maximum atomic E-state index is 13.5. The number of halogens is 2. The number of benzene rings is 1. The van der Waals surface area contributed by atoms with E-state index in [1.807, 2.05) is 6.92 Å². The summed E-state index contributed by atoms with van der Waals surface area (Å²) in [5, 5.41) is 4.81. The molecule has 0 saturated carbocycles. The summed E-state index contributed by atoms with van der Waals surface area (Å²) >= 11 is 0. The first-order valence-corrected chi connectivity index (χ1v) is 7.58. The number of esters is 1. The van der Waals surface area contributed by atoms with E-state index in [4.69, 9.17) is 9.88 Å². The molecular formula is C12H15F2NO5S. The van der Waals surface area contributed by atoms with Crippen molar-refractivity contribution in [1.29, 1.82) is 0 Å². The number of rotatable bonds is 7. The third-order valence-corrected chi connectivity index (χ3v) is 3.25. The smallest absolute Gasteiger partial charge is 0.341 e. The Hall–Kier alpha value is -1.58. The zero-order chi connectivity index (χ0) is 16.0. The molecule has 0 aliphatic heterocycles. The summed E-state index contributed by atoms with van der Waals surface area (Å²) in [5.74, 6) is -4.20. The first kappa shape index (κ1) is 17.5. The van der Waals surface area contributed by atoms with Gasteiger partial charge in [0.1, 0.15) is 6.61 Å². The van der Waals surface area contributed by atoms with Crippen molar-refractivity contribution in [2.24, 2.45) is 5.14 Å². The second-order valence-electron chi connectivity index (χ2n) is 4.06. The fourth-order valence-corrected chi connectivity index (χ4v) is 1.94. The molecule has 0 radical (unpaired) electrons. The van der Waals surface area contributed by atoms with Gasteiger partial charge < -0.3 is 9.47 Å². The third-order valence-electron chi connectivity index (χ3n) is 2.36. The Morgan fingerprint density at radius 1 is 1.24 bits per heavy atom. The van der Waals surface area contributed by atoms with Crippen LogP contribution in [0.25, 0.3) is 0 Å². The molecular weight excluding hydrogens is 308 g/mol. The molecule has 0 atom stereocenters. The first-order valence-electron chi connectivity index (χ1n) is 6.04. The summed E-state index contributed by atoms with van der Waals surface area (Å²) in [6, 6.07) is 1.02. The molecule has 1 rings (SSSR count). The molecule has 0 unspecified atom stereocenters. The van der Waals surface area contributed by atoms with Crippen LogP contribution >= 0.6 is 0 Å². The van der Waals surface area contributed by atoms with Crippen molar-refractivity contribution in [3.8, 4) is 0 Å². The molecule has 1 aromatic carbocycles. The molecule has 6 nitrogen and oxygen atoms in total. The number of nitrogens with two attached hydrogens (primary N) is 1. The van der Waals surface area contributed by atoms with Crippen LogP contribution < -0.4 is 5.14 Å². The average molecular weight is 323 g/mol. The standard InChI is InChI=1S/C12H15F2NO5S/c1-2-3-19-4-5-20-12(16)9-6-8(21(15,17)18)7-10(13)11(9)14/h6-7H,2-5H2,1H3,(H2,15,17,18). The van der Waals surface area contributed by atoms with Gasteiger partial charge in [0.15, 0.2) is 11.6 Å². The first-order chi connectivity index (χ1) is 9.77. The molecule has 2 N–H and O–H groups in total. The predicted octanol–water partition coefficient (Wildman–Crippen LogP) is 1.20. The lowest BCUT2D eigenvalue weighted by molar-refractivity contribution is 0.0313. The molecule has 9 heteroatoms. The fraction of sp³-hybridized carbons (Fsp3) is 0.417. The van der Waals surface area contributed by atoms with E-state index in [-0.39, 0.29) is 13.2 Å². The fourth-order valence-electron chi connectivity index (χ4n) is 1.39. The van der Waals surface area contributed by atoms with Crippen LogP contribution in [-0.2, 0) is 19.5 Å². The van der Waals surface area contributed by atoms with E-state index in [2.05, 4.69) is 4.74 Å². The van der Waals surface area contributed by atoms with E-state index in [1.54, 1.807) is 0 Å². The number of carbonyl (C=O) groups excluding carboxylic acids is 1. The molecule has 0 saturated heterocycles. The van der Waals surface area contributed by atoms with Crippen molar-refractivity contribution in [2.75, 3.05) is 19.8 Å². The van der Waals surface area contributed by atoms with E-state index in [1.165, 1.54) is 0 Å². The van der Waals surface area contributed by atoms with Crippen LogP contribution in [0.1, 0.15) is 23.7 Å². The van der Waals surface area contributed by atoms with Gasteiger partial charge in [-0.15, -0.1) is 0 Å². The van der Waals surface area contributed by atoms with E-state index < -0.39 is 38.1 Å². The molecule has 118 valence electrons. The summed E-state index contributed by atoms with van der Waals surface area (Å²) in [7, 11) is -4.27. The molecule has 21 heavy (non-hydrogen) atoms. The van der Waals surface area contributed by atoms with E-state index in [0.717, 1.165) is 6.42 Å². The quantitative estimate of drug-likeness (QED) is 0.601. The van der Waals surface area contributed by atoms with Crippen LogP contribution in [0.2, 0.25) is 0 Å². The minimum atomic E-state index is -4.27. The van der Waals surface area contributed by atoms with Gasteiger partial charge in [0.25, 0.3) is 0 Å². The Kier molecular flexibility index (Phi) is 6.19. The second kappa shape index (κ2) is 7.43. The van der Waals surface area contributed by atoms with Crippen molar-refractivity contribution in [2.45, 2.75) is 18.2 Å². The number of hydrogen-bond donors (Lipinski definition) is 1. The minimum Gasteiger partial charge on any atom is -0.460 e. The minimum absolute atomic E-state index is 0.0958. The van der Waals surface area contributed by atoms with Crippen LogP contribution in [0.3, 0.4) is 0 Å². The SMILES string of the molecule is CCCOCCOC(=O)c1cc(S(N)(=O)=O)cc(F)c1F. The molecule has 0 spiro atoms. The van der Waals surface area contributed by atoms with Gasteiger partial charge >= 0.3 is 5.97 Å². The molecule has 0 aliphatic carbocycles. The second-order valence-corrected chi connectivity index (χ2v) is 5.62. The van der Waals surface area contributed by atoms with E-state index in [0.29, 0.717) is 18.7 Å². The lowest BCUT2D eigenvalue weighted by Gasteiger charge is -2.08. The Bertz CT molecular complexity index is 618. The van der Waals surface area contributed by atoms with Crippen molar-refractivity contribution >= 4 is 16.0 Å². The lowest BCUT2D eigenvalue weighted by atomic mass is 10.2. The molecule has 0 aromatic heterocycles. The van der Waals surface area contributed by atoms with Gasteiger partial charge in [-0.05, 0) is 18.6 Å². The highest BCUT2D eigenvalue weighted by molar-refractivity contribution is 7.89. The zero-order valence-electron chi connectivity index (χ0n) is 11.3. The van der Waals surface area contributed by atoms with Gasteiger partial charge in [-0.25, -0.2) is 27.1 Å². The molecule has 0 heterocycles. The van der Waals surface area contributed by atoms with Crippen molar-refractivity contribution in [3.63, 3.8) is 0 Å².